The van der Waals surface area contributed by atoms with E-state index in [0.29, 0.717) is 35.3 Å². The molecule has 1 aliphatic carbocycles. The van der Waals surface area contributed by atoms with Crippen LogP contribution in [0.1, 0.15) is 235 Å². The Bertz CT molecular complexity index is 1130. The molecule has 1 aromatic carbocycles. The molecule has 416 valence electrons. The van der Waals surface area contributed by atoms with E-state index in [0.717, 1.165) is 30.6 Å². The number of thioether (sulfide) groups is 1. The maximum absolute atomic E-state index is 11.6. The summed E-state index contributed by atoms with van der Waals surface area (Å²) in [4.78, 5) is 41.4. The van der Waals surface area contributed by atoms with Crippen molar-refractivity contribution in [2.24, 2.45) is 23.5 Å². The number of carbonyl (C=O) groups excluding carboxylic acids is 4. The molecule has 1 aliphatic rings. The highest BCUT2D eigenvalue weighted by Gasteiger charge is 2.28. The van der Waals surface area contributed by atoms with Crippen LogP contribution in [0.4, 0.5) is 0 Å². The quantitative estimate of drug-likeness (QED) is 0.0631. The number of nitrogens with one attached hydrogen (secondary N) is 2. The molecule has 9 heteroatoms. The highest BCUT2D eigenvalue weighted by molar-refractivity contribution is 8.00. The Hall–Kier alpha value is -3.01. The second kappa shape index (κ2) is 79.1. The van der Waals surface area contributed by atoms with Gasteiger partial charge in [-0.2, -0.15) is 11.8 Å². The van der Waals surface area contributed by atoms with Gasteiger partial charge in [-0.05, 0) is 81.3 Å². The molecular weight excluding hydrogens is 875 g/mol. The second-order valence-electron chi connectivity index (χ2n) is 15.0. The number of ketones is 1. The van der Waals surface area contributed by atoms with Gasteiger partial charge in [0.2, 0.25) is 5.91 Å². The fourth-order valence-electron chi connectivity index (χ4n) is 5.63. The number of Topliss-reactive ketones (excluding diaryl/α,β-unsaturated/α-hetero) is 1. The van der Waals surface area contributed by atoms with E-state index in [1.54, 1.807) is 19.2 Å². The van der Waals surface area contributed by atoms with Gasteiger partial charge in [-0.15, -0.1) is 6.58 Å². The molecule has 8 nitrogen and oxygen atoms in total. The molecule has 2 rings (SSSR count). The Kier molecular flexibility index (Phi) is 106. The topological polar surface area (TPSA) is 128 Å². The van der Waals surface area contributed by atoms with E-state index in [2.05, 4.69) is 103 Å². The summed E-state index contributed by atoms with van der Waals surface area (Å²) in [5.41, 5.74) is 6.12. The van der Waals surface area contributed by atoms with Crippen LogP contribution in [-0.4, -0.2) is 67.6 Å². The second-order valence-corrected chi connectivity index (χ2v) is 16.6. The molecule has 4 N–H and O–H groups in total. The van der Waals surface area contributed by atoms with Crippen molar-refractivity contribution in [3.63, 3.8) is 0 Å². The lowest BCUT2D eigenvalue weighted by atomic mass is 9.84. The van der Waals surface area contributed by atoms with E-state index in [4.69, 9.17) is 9.53 Å². The average molecular weight is 1000 g/mol. The molecule has 0 saturated heterocycles. The van der Waals surface area contributed by atoms with E-state index in [9.17, 15) is 14.4 Å². The first kappa shape index (κ1) is 92.2. The molecule has 69 heavy (non-hydrogen) atoms. The summed E-state index contributed by atoms with van der Waals surface area (Å²) in [5, 5.41) is 5.72. The summed E-state index contributed by atoms with van der Waals surface area (Å²) in [6, 6.07) is 9.71. The number of hydrogen-bond acceptors (Lipinski definition) is 8. The third-order valence-corrected chi connectivity index (χ3v) is 10.9. The predicted octanol–water partition coefficient (Wildman–Crippen LogP) is 17.5. The van der Waals surface area contributed by atoms with Crippen LogP contribution >= 0.6 is 11.8 Å². The predicted molar refractivity (Wildman–Crippen MR) is 320 cm³/mol. The standard InChI is InChI=1S/C13H24O2.C12H20N2O.C11H24S.C9H10O.6C2H6.CH5N.CH2O.CH4/c1-10(2)9-15-13(11(3)14)12-7-5-4-6-8-12;1-5-8-11(13-7-3)10(4)12(15)14-9-6-2;1-6-8-11(5,7-2)12-9-10(3)4;1-8(7-10)9-5-3-2-4-6-9;8*1-2;/h10,12-13H,4-9H2,1-3H3;6-7,11,13H,2-5,8-9H2,1H3,(H,14,15);10H,6-9H2,1-5H3;2-8H,1H3;6*1-2H3;2H2,1H3;1H2;1H4. The summed E-state index contributed by atoms with van der Waals surface area (Å²) < 4.78 is 6.30. The van der Waals surface area contributed by atoms with Gasteiger partial charge < -0.3 is 30.7 Å². The van der Waals surface area contributed by atoms with Crippen LogP contribution in [0.25, 0.3) is 0 Å². The van der Waals surface area contributed by atoms with Crippen LogP contribution < -0.4 is 16.4 Å². The molecule has 0 bridgehead atoms. The summed E-state index contributed by atoms with van der Waals surface area (Å²) in [7, 11) is 1.50. The molecule has 1 amide bonds. The molecule has 4 unspecified atom stereocenters. The highest BCUT2D eigenvalue weighted by Crippen LogP contribution is 2.34. The van der Waals surface area contributed by atoms with Gasteiger partial charge in [-0.1, -0.05) is 234 Å². The number of carbonyl (C=O) groups is 4. The molecule has 4 atom stereocenters. The minimum Gasteiger partial charge on any atom is -0.384 e. The molecular formula is C60H125N3O5S. The first-order valence-electron chi connectivity index (χ1n) is 26.7. The van der Waals surface area contributed by atoms with Crippen molar-refractivity contribution in [3.05, 3.63) is 73.5 Å². The van der Waals surface area contributed by atoms with Gasteiger partial charge in [0.25, 0.3) is 0 Å². The molecule has 0 radical (unpaired) electrons. The fraction of sp³-hybridized carbons (Fsp3) is 0.733. The summed E-state index contributed by atoms with van der Waals surface area (Å²) in [6.45, 7) is 59.5. The number of amides is 1. The average Bonchev–Trinajstić information content (AvgIpc) is 3.40. The van der Waals surface area contributed by atoms with Crippen molar-refractivity contribution in [3.8, 4) is 0 Å². The summed E-state index contributed by atoms with van der Waals surface area (Å²) in [6.07, 6.45) is 16.1. The van der Waals surface area contributed by atoms with E-state index in [1.807, 2.05) is 127 Å². The SMILES string of the molecule is C.C=CCNC(=O)C(=C)C(CCC)NC=C.C=O.CC.CC.CC.CC.CC.CC.CC(=O)C(OCC(C)C)C1CCCCC1.CC(C=O)c1ccccc1.CCCC(C)(CC)SCC(C)C.CN. The molecule has 1 aromatic rings. The van der Waals surface area contributed by atoms with Gasteiger partial charge in [-0.3, -0.25) is 9.59 Å². The fourth-order valence-corrected chi connectivity index (χ4v) is 6.92. The third-order valence-electron chi connectivity index (χ3n) is 8.92. The van der Waals surface area contributed by atoms with Crippen molar-refractivity contribution in [1.29, 1.82) is 0 Å². The largest absolute Gasteiger partial charge is 0.384 e. The minimum absolute atomic E-state index is 0. The number of aldehydes is 1. The van der Waals surface area contributed by atoms with E-state index in [-0.39, 0.29) is 37.2 Å². The normalized spacial score (nSPS) is 12.3. The third kappa shape index (κ3) is 65.0. The Morgan fingerprint density at radius 1 is 0.812 bits per heavy atom. The molecule has 1 fully saturated rings. The minimum atomic E-state index is -0.136. The maximum atomic E-state index is 11.6. The Balaban J connectivity index is -0.0000000657. The zero-order chi connectivity index (χ0) is 56.0. The summed E-state index contributed by atoms with van der Waals surface area (Å²) in [5.74, 6) is 3.24. The zero-order valence-corrected chi connectivity index (χ0v) is 50.4. The van der Waals surface area contributed by atoms with Gasteiger partial charge in [-0.25, -0.2) is 0 Å². The molecule has 0 heterocycles. The lowest BCUT2D eigenvalue weighted by molar-refractivity contribution is -0.133. The van der Waals surface area contributed by atoms with Gasteiger partial charge in [0.05, 0.1) is 6.04 Å². The molecule has 0 spiro atoms. The van der Waals surface area contributed by atoms with Crippen molar-refractivity contribution in [2.75, 3.05) is 26.0 Å². The maximum Gasteiger partial charge on any atom is 0.248 e. The first-order chi connectivity index (χ1) is 32.7. The first-order valence-corrected chi connectivity index (χ1v) is 27.7. The van der Waals surface area contributed by atoms with E-state index >= 15 is 0 Å². The van der Waals surface area contributed by atoms with Crippen molar-refractivity contribution in [1.82, 2.24) is 10.6 Å². The van der Waals surface area contributed by atoms with Gasteiger partial charge in [0.1, 0.15) is 19.2 Å². The number of benzene rings is 1. The zero-order valence-electron chi connectivity index (χ0n) is 49.6. The van der Waals surface area contributed by atoms with Gasteiger partial charge in [0, 0.05) is 29.4 Å². The number of ether oxygens (including phenoxy) is 1. The van der Waals surface area contributed by atoms with Crippen molar-refractivity contribution in [2.45, 2.75) is 247 Å². The lowest BCUT2D eigenvalue weighted by Crippen LogP contribution is -2.35. The van der Waals surface area contributed by atoms with Crippen LogP contribution in [0.5, 0.6) is 0 Å². The van der Waals surface area contributed by atoms with Gasteiger partial charge in [0.15, 0.2) is 5.78 Å². The Labute approximate surface area is 438 Å². The van der Waals surface area contributed by atoms with Crippen molar-refractivity contribution < 1.29 is 23.9 Å². The van der Waals surface area contributed by atoms with Crippen LogP contribution in [-0.2, 0) is 23.9 Å². The van der Waals surface area contributed by atoms with Crippen LogP contribution in [0.2, 0.25) is 0 Å². The number of hydrogen-bond donors (Lipinski definition) is 3. The molecule has 0 aromatic heterocycles. The van der Waals surface area contributed by atoms with Crippen LogP contribution in [0.15, 0.2) is 67.9 Å². The number of nitrogens with two attached hydrogens (primary N) is 1. The van der Waals surface area contributed by atoms with Crippen LogP contribution in [0.3, 0.4) is 0 Å². The van der Waals surface area contributed by atoms with E-state index in [1.165, 1.54) is 64.2 Å². The summed E-state index contributed by atoms with van der Waals surface area (Å²) >= 11 is 2.16. The van der Waals surface area contributed by atoms with Crippen molar-refractivity contribution >= 4 is 36.5 Å². The van der Waals surface area contributed by atoms with Gasteiger partial charge >= 0.3 is 0 Å². The number of rotatable bonds is 21. The Morgan fingerprint density at radius 2 is 1.28 bits per heavy atom. The Morgan fingerprint density at radius 3 is 1.61 bits per heavy atom. The molecule has 1 saturated carbocycles. The smallest absolute Gasteiger partial charge is 0.248 e. The monoisotopic (exact) mass is 1000 g/mol. The lowest BCUT2D eigenvalue weighted by Gasteiger charge is -2.29. The molecule has 0 aliphatic heterocycles. The highest BCUT2D eigenvalue weighted by atomic mass is 32.2. The van der Waals surface area contributed by atoms with Crippen LogP contribution in [0, 0.1) is 17.8 Å². The van der Waals surface area contributed by atoms with E-state index < -0.39 is 0 Å².